The number of anilines is 1. The topological polar surface area (TPSA) is 55.6 Å². The number of nitrogens with two attached hydrogens (primary N) is 1. The largest absolute Gasteiger partial charge is 0.465 e. The Kier molecular flexibility index (Phi) is 5.65. The molecule has 0 fully saturated rings. The molecule has 2 N–H and O–H groups in total. The summed E-state index contributed by atoms with van der Waals surface area (Å²) in [6.07, 6.45) is 0. The Hall–Kier alpha value is -1.55. The summed E-state index contributed by atoms with van der Waals surface area (Å²) in [6, 6.07) is 7.47. The third-order valence-electron chi connectivity index (χ3n) is 2.84. The van der Waals surface area contributed by atoms with Crippen LogP contribution in [0.15, 0.2) is 24.3 Å². The van der Waals surface area contributed by atoms with Gasteiger partial charge in [0.25, 0.3) is 0 Å². The number of carbonyl (C=O) groups is 1. The smallest absolute Gasteiger partial charge is 0.324 e. The van der Waals surface area contributed by atoms with E-state index >= 15 is 0 Å². The molecule has 0 aliphatic carbocycles. The normalized spacial score (nSPS) is 12.0. The molecule has 0 saturated heterocycles. The summed E-state index contributed by atoms with van der Waals surface area (Å²) in [5, 5.41) is 0. The van der Waals surface area contributed by atoms with Crippen molar-refractivity contribution in [3.63, 3.8) is 0 Å². The number of hydrogen-bond donors (Lipinski definition) is 1. The molecule has 1 rings (SSSR count). The van der Waals surface area contributed by atoms with Gasteiger partial charge < -0.3 is 15.4 Å². The van der Waals surface area contributed by atoms with Crippen molar-refractivity contribution in [2.45, 2.75) is 26.8 Å². The molecule has 4 heteroatoms. The van der Waals surface area contributed by atoms with Gasteiger partial charge in [-0.1, -0.05) is 18.2 Å². The Labute approximate surface area is 109 Å². The van der Waals surface area contributed by atoms with Gasteiger partial charge in [0.15, 0.2) is 0 Å². The predicted molar refractivity (Wildman–Crippen MR) is 73.7 cm³/mol. The lowest BCUT2D eigenvalue weighted by atomic mass is 10.1. The number of ether oxygens (including phenoxy) is 1. The van der Waals surface area contributed by atoms with Crippen LogP contribution in [0.5, 0.6) is 0 Å². The molecule has 0 spiro atoms. The van der Waals surface area contributed by atoms with Crippen molar-refractivity contribution in [2.24, 2.45) is 5.73 Å². The van der Waals surface area contributed by atoms with E-state index in [1.165, 1.54) is 5.56 Å². The van der Waals surface area contributed by atoms with Crippen LogP contribution in [0.25, 0.3) is 0 Å². The van der Waals surface area contributed by atoms with Gasteiger partial charge in [-0.15, -0.1) is 0 Å². The molecule has 100 valence electrons. The van der Waals surface area contributed by atoms with E-state index in [4.69, 9.17) is 10.5 Å². The van der Waals surface area contributed by atoms with Crippen LogP contribution in [0.3, 0.4) is 0 Å². The zero-order valence-electron chi connectivity index (χ0n) is 11.3. The third kappa shape index (κ3) is 3.74. The Morgan fingerprint density at radius 1 is 1.39 bits per heavy atom. The van der Waals surface area contributed by atoms with Crippen LogP contribution in [-0.4, -0.2) is 31.7 Å². The second-order valence-electron chi connectivity index (χ2n) is 4.18. The third-order valence-corrected chi connectivity index (χ3v) is 2.84. The highest BCUT2D eigenvalue weighted by Crippen LogP contribution is 2.19. The highest BCUT2D eigenvalue weighted by molar-refractivity contribution is 5.76. The van der Waals surface area contributed by atoms with Crippen molar-refractivity contribution >= 4 is 11.7 Å². The van der Waals surface area contributed by atoms with E-state index in [9.17, 15) is 4.79 Å². The minimum absolute atomic E-state index is 0.343. The quantitative estimate of drug-likeness (QED) is 0.781. The molecule has 0 heterocycles. The summed E-state index contributed by atoms with van der Waals surface area (Å²) in [4.78, 5) is 13.6. The number of hydrogen-bond acceptors (Lipinski definition) is 4. The van der Waals surface area contributed by atoms with Gasteiger partial charge in [-0.2, -0.15) is 0 Å². The second kappa shape index (κ2) is 7.01. The first kappa shape index (κ1) is 14.5. The molecule has 1 aromatic rings. The summed E-state index contributed by atoms with van der Waals surface area (Å²) in [6.45, 7) is 7.52. The van der Waals surface area contributed by atoms with Crippen LogP contribution in [0, 0.1) is 6.92 Å². The maximum Gasteiger partial charge on any atom is 0.324 e. The molecule has 0 aliphatic rings. The van der Waals surface area contributed by atoms with Crippen LogP contribution in [0.1, 0.15) is 19.4 Å². The van der Waals surface area contributed by atoms with Gasteiger partial charge in [0.2, 0.25) is 0 Å². The highest BCUT2D eigenvalue weighted by Gasteiger charge is 2.18. The Morgan fingerprint density at radius 2 is 2.06 bits per heavy atom. The first-order valence-corrected chi connectivity index (χ1v) is 6.32. The lowest BCUT2D eigenvalue weighted by molar-refractivity contribution is -0.144. The van der Waals surface area contributed by atoms with E-state index in [1.807, 2.05) is 38.1 Å². The van der Waals surface area contributed by atoms with Gasteiger partial charge in [0, 0.05) is 18.8 Å². The van der Waals surface area contributed by atoms with Crippen molar-refractivity contribution in [1.82, 2.24) is 0 Å². The van der Waals surface area contributed by atoms with E-state index in [2.05, 4.69) is 4.90 Å². The number of aryl methyl sites for hydroxylation is 1. The number of benzene rings is 1. The van der Waals surface area contributed by atoms with Crippen LogP contribution < -0.4 is 10.6 Å². The molecule has 0 amide bonds. The summed E-state index contributed by atoms with van der Waals surface area (Å²) < 4.78 is 4.92. The van der Waals surface area contributed by atoms with Crippen molar-refractivity contribution in [3.05, 3.63) is 29.8 Å². The molecular weight excluding hydrogens is 228 g/mol. The molecule has 0 radical (unpaired) electrons. The summed E-state index contributed by atoms with van der Waals surface area (Å²) >= 11 is 0. The predicted octanol–water partition coefficient (Wildman–Crippen LogP) is 1.71. The fourth-order valence-electron chi connectivity index (χ4n) is 1.88. The standard InChI is InChI=1S/C14H22N2O2/c1-4-16(10-12(15)14(17)18-5-2)13-9-7-6-8-11(13)3/h6-9,12H,4-5,10,15H2,1-3H3. The van der Waals surface area contributed by atoms with Crippen LogP contribution in [-0.2, 0) is 9.53 Å². The molecule has 1 unspecified atom stereocenters. The van der Waals surface area contributed by atoms with Gasteiger partial charge >= 0.3 is 5.97 Å². The van der Waals surface area contributed by atoms with E-state index in [-0.39, 0.29) is 5.97 Å². The number of para-hydroxylation sites is 1. The zero-order chi connectivity index (χ0) is 13.5. The Balaban J connectivity index is 2.74. The van der Waals surface area contributed by atoms with Gasteiger partial charge in [0.1, 0.15) is 6.04 Å². The minimum atomic E-state index is -0.607. The minimum Gasteiger partial charge on any atom is -0.465 e. The fourth-order valence-corrected chi connectivity index (χ4v) is 1.88. The van der Waals surface area contributed by atoms with Crippen LogP contribution >= 0.6 is 0 Å². The molecule has 18 heavy (non-hydrogen) atoms. The van der Waals surface area contributed by atoms with Crippen molar-refractivity contribution in [1.29, 1.82) is 0 Å². The van der Waals surface area contributed by atoms with E-state index in [1.54, 1.807) is 6.92 Å². The molecule has 1 atom stereocenters. The lowest BCUT2D eigenvalue weighted by Crippen LogP contribution is -2.44. The van der Waals surface area contributed by atoms with Crippen LogP contribution in [0.2, 0.25) is 0 Å². The number of esters is 1. The van der Waals surface area contributed by atoms with E-state index in [0.29, 0.717) is 13.2 Å². The SMILES string of the molecule is CCOC(=O)C(N)CN(CC)c1ccccc1C. The maximum atomic E-state index is 11.5. The molecular formula is C14H22N2O2. The number of nitrogens with zero attached hydrogens (tertiary/aromatic N) is 1. The summed E-state index contributed by atoms with van der Waals surface area (Å²) in [5.74, 6) is -0.343. The van der Waals surface area contributed by atoms with Gasteiger partial charge in [-0.05, 0) is 32.4 Å². The van der Waals surface area contributed by atoms with E-state index < -0.39 is 6.04 Å². The molecule has 4 nitrogen and oxygen atoms in total. The van der Waals surface area contributed by atoms with Crippen molar-refractivity contribution in [3.8, 4) is 0 Å². The molecule has 0 aromatic heterocycles. The van der Waals surface area contributed by atoms with Gasteiger partial charge in [-0.25, -0.2) is 0 Å². The lowest BCUT2D eigenvalue weighted by Gasteiger charge is -2.27. The maximum absolute atomic E-state index is 11.5. The second-order valence-corrected chi connectivity index (χ2v) is 4.18. The number of rotatable bonds is 6. The average Bonchev–Trinajstić information content (AvgIpc) is 2.37. The number of likely N-dealkylation sites (N-methyl/N-ethyl adjacent to an activating group) is 1. The molecule has 1 aromatic carbocycles. The highest BCUT2D eigenvalue weighted by atomic mass is 16.5. The molecule has 0 aliphatic heterocycles. The van der Waals surface area contributed by atoms with Crippen LogP contribution in [0.4, 0.5) is 5.69 Å². The summed E-state index contributed by atoms with van der Waals surface area (Å²) in [7, 11) is 0. The Morgan fingerprint density at radius 3 is 2.61 bits per heavy atom. The zero-order valence-corrected chi connectivity index (χ0v) is 11.3. The fraction of sp³-hybridized carbons (Fsp3) is 0.500. The van der Waals surface area contributed by atoms with E-state index in [0.717, 1.165) is 12.2 Å². The number of carbonyl (C=O) groups excluding carboxylic acids is 1. The molecule has 0 bridgehead atoms. The summed E-state index contributed by atoms with van der Waals surface area (Å²) in [5.41, 5.74) is 8.14. The van der Waals surface area contributed by atoms with Gasteiger partial charge in [-0.3, -0.25) is 4.79 Å². The Bertz CT molecular complexity index is 393. The first-order valence-electron chi connectivity index (χ1n) is 6.32. The van der Waals surface area contributed by atoms with Crippen molar-refractivity contribution in [2.75, 3.05) is 24.6 Å². The average molecular weight is 250 g/mol. The monoisotopic (exact) mass is 250 g/mol. The first-order chi connectivity index (χ1) is 8.60. The van der Waals surface area contributed by atoms with Crippen molar-refractivity contribution < 1.29 is 9.53 Å². The van der Waals surface area contributed by atoms with Gasteiger partial charge in [0.05, 0.1) is 6.61 Å². The molecule has 0 saturated carbocycles.